The van der Waals surface area contributed by atoms with Crippen LogP contribution in [0.15, 0.2) is 46.0 Å². The number of nitrogens with one attached hydrogen (secondary N) is 1. The summed E-state index contributed by atoms with van der Waals surface area (Å²) in [7, 11) is -3.74. The Morgan fingerprint density at radius 1 is 1.36 bits per heavy atom. The number of nitrogens with two attached hydrogens (primary N) is 1. The van der Waals surface area contributed by atoms with Gasteiger partial charge >= 0.3 is 0 Å². The highest BCUT2D eigenvalue weighted by molar-refractivity contribution is 7.89. The fourth-order valence-corrected chi connectivity index (χ4v) is 3.32. The smallest absolute Gasteiger partial charge is 0.238 e. The van der Waals surface area contributed by atoms with Gasteiger partial charge in [-0.3, -0.25) is 4.79 Å². The second kappa shape index (κ2) is 7.04. The molecule has 0 aliphatic carbocycles. The van der Waals surface area contributed by atoms with E-state index >= 15 is 0 Å². The second-order valence-corrected chi connectivity index (χ2v) is 7.38. The van der Waals surface area contributed by atoms with E-state index in [-0.39, 0.29) is 16.8 Å². The molecule has 2 aromatic rings. The van der Waals surface area contributed by atoms with Crippen LogP contribution in [0.1, 0.15) is 30.5 Å². The van der Waals surface area contributed by atoms with E-state index in [1.54, 1.807) is 23.5 Å². The van der Waals surface area contributed by atoms with Crippen molar-refractivity contribution < 1.29 is 13.2 Å². The first-order valence-electron chi connectivity index (χ1n) is 6.79. The maximum Gasteiger partial charge on any atom is 0.238 e. The zero-order chi connectivity index (χ0) is 16.2. The van der Waals surface area contributed by atoms with E-state index in [1.165, 1.54) is 12.1 Å². The highest BCUT2D eigenvalue weighted by Gasteiger charge is 2.13. The van der Waals surface area contributed by atoms with Crippen molar-refractivity contribution in [2.24, 2.45) is 5.14 Å². The van der Waals surface area contributed by atoms with Crippen LogP contribution in [0.5, 0.6) is 0 Å². The number of benzene rings is 1. The minimum Gasteiger partial charge on any atom is -0.350 e. The van der Waals surface area contributed by atoms with Crippen molar-refractivity contribution in [1.82, 2.24) is 5.32 Å². The molecule has 22 heavy (non-hydrogen) atoms. The number of hydrogen-bond donors (Lipinski definition) is 2. The van der Waals surface area contributed by atoms with Gasteiger partial charge in [0.05, 0.1) is 10.9 Å². The quantitative estimate of drug-likeness (QED) is 0.846. The molecule has 1 atom stereocenters. The third kappa shape index (κ3) is 4.66. The van der Waals surface area contributed by atoms with E-state index in [2.05, 4.69) is 5.32 Å². The number of carbonyl (C=O) groups excluding carboxylic acids is 1. The number of amides is 1. The Bertz CT molecular complexity index is 740. The van der Waals surface area contributed by atoms with Gasteiger partial charge in [0.15, 0.2) is 0 Å². The molecule has 1 aromatic heterocycles. The number of carbonyl (C=O) groups is 1. The molecule has 1 aromatic carbocycles. The molecule has 0 fully saturated rings. The van der Waals surface area contributed by atoms with Crippen molar-refractivity contribution in [3.05, 3.63) is 52.2 Å². The molecule has 0 unspecified atom stereocenters. The Kier molecular flexibility index (Phi) is 5.33. The molecular weight excluding hydrogens is 320 g/mol. The number of aryl methyl sites for hydroxylation is 1. The molecule has 0 aliphatic rings. The topological polar surface area (TPSA) is 89.3 Å². The van der Waals surface area contributed by atoms with Crippen LogP contribution in [-0.4, -0.2) is 14.3 Å². The summed E-state index contributed by atoms with van der Waals surface area (Å²) in [5.41, 5.74) is 1.85. The first-order valence-corrected chi connectivity index (χ1v) is 9.28. The molecule has 0 aliphatic heterocycles. The Labute approximate surface area is 134 Å². The Balaban J connectivity index is 1.96. The van der Waals surface area contributed by atoms with Crippen molar-refractivity contribution in [3.8, 4) is 0 Å². The van der Waals surface area contributed by atoms with Crippen LogP contribution in [0.2, 0.25) is 0 Å². The predicted octanol–water partition coefficient (Wildman–Crippen LogP) is 2.21. The third-order valence-corrected chi connectivity index (χ3v) is 4.93. The average molecular weight is 338 g/mol. The van der Waals surface area contributed by atoms with Crippen molar-refractivity contribution in [2.45, 2.75) is 30.7 Å². The van der Waals surface area contributed by atoms with E-state index in [9.17, 15) is 13.2 Å². The minimum absolute atomic E-state index is 0.0457. The maximum atomic E-state index is 12.0. The molecule has 2 rings (SSSR count). The molecular formula is C15H18N2O3S2. The van der Waals surface area contributed by atoms with Gasteiger partial charge in [-0.25, -0.2) is 13.6 Å². The lowest BCUT2D eigenvalue weighted by atomic mass is 10.1. The Morgan fingerprint density at radius 2 is 2.14 bits per heavy atom. The monoisotopic (exact) mass is 338 g/mol. The summed E-state index contributed by atoms with van der Waals surface area (Å²) in [6.45, 7) is 1.81. The molecule has 0 bridgehead atoms. The lowest BCUT2D eigenvalue weighted by Crippen LogP contribution is -2.27. The number of thiophene rings is 1. The molecule has 5 nitrogen and oxygen atoms in total. The first-order chi connectivity index (χ1) is 10.4. The number of primary sulfonamides is 1. The first kappa shape index (κ1) is 16.7. The van der Waals surface area contributed by atoms with Crippen LogP contribution in [0.25, 0.3) is 0 Å². The maximum absolute atomic E-state index is 12.0. The summed E-state index contributed by atoms with van der Waals surface area (Å²) in [6.07, 6.45) is 1.09. The van der Waals surface area contributed by atoms with E-state index in [1.807, 2.05) is 23.8 Å². The normalized spacial score (nSPS) is 12.8. The van der Waals surface area contributed by atoms with Crippen molar-refractivity contribution in [1.29, 1.82) is 0 Å². The van der Waals surface area contributed by atoms with E-state index in [4.69, 9.17) is 5.14 Å². The molecule has 0 radical (unpaired) electrons. The molecule has 3 N–H and O–H groups in total. The number of rotatable bonds is 6. The van der Waals surface area contributed by atoms with Gasteiger partial charge in [-0.15, -0.1) is 0 Å². The highest BCUT2D eigenvalue weighted by atomic mass is 32.2. The van der Waals surface area contributed by atoms with E-state index in [0.29, 0.717) is 18.4 Å². The minimum atomic E-state index is -3.74. The fraction of sp³-hybridized carbons (Fsp3) is 0.267. The zero-order valence-corrected chi connectivity index (χ0v) is 13.8. The second-order valence-electron chi connectivity index (χ2n) is 5.04. The van der Waals surface area contributed by atoms with E-state index < -0.39 is 10.0 Å². The van der Waals surface area contributed by atoms with Crippen molar-refractivity contribution in [2.75, 3.05) is 0 Å². The average Bonchev–Trinajstić information content (AvgIpc) is 2.97. The zero-order valence-electron chi connectivity index (χ0n) is 12.2. The van der Waals surface area contributed by atoms with Crippen LogP contribution in [-0.2, 0) is 21.2 Å². The lowest BCUT2D eigenvalue weighted by molar-refractivity contribution is -0.121. The molecule has 7 heteroatoms. The summed E-state index contributed by atoms with van der Waals surface area (Å²) in [6, 6.07) is 8.01. The van der Waals surface area contributed by atoms with Crippen molar-refractivity contribution in [3.63, 3.8) is 0 Å². The van der Waals surface area contributed by atoms with Gasteiger partial charge in [0, 0.05) is 6.42 Å². The third-order valence-electron chi connectivity index (χ3n) is 3.28. The van der Waals surface area contributed by atoms with Gasteiger partial charge in [0.2, 0.25) is 15.9 Å². The summed E-state index contributed by atoms with van der Waals surface area (Å²) in [5.74, 6) is -0.0697. The molecule has 1 amide bonds. The largest absolute Gasteiger partial charge is 0.350 e. The molecule has 0 saturated carbocycles. The Hall–Kier alpha value is -1.70. The SMILES string of the molecule is C[C@H](NC(=O)CCc1ccsc1)c1cccc(S(N)(=O)=O)c1. The van der Waals surface area contributed by atoms with Gasteiger partial charge in [0.1, 0.15) is 0 Å². The van der Waals surface area contributed by atoms with E-state index in [0.717, 1.165) is 5.56 Å². The van der Waals surface area contributed by atoms with Gasteiger partial charge in [-0.05, 0) is 53.4 Å². The fourth-order valence-electron chi connectivity index (χ4n) is 2.05. The van der Waals surface area contributed by atoms with Crippen LogP contribution in [0.3, 0.4) is 0 Å². The van der Waals surface area contributed by atoms with Crippen LogP contribution < -0.4 is 10.5 Å². The highest BCUT2D eigenvalue weighted by Crippen LogP contribution is 2.17. The number of hydrogen-bond acceptors (Lipinski definition) is 4. The summed E-state index contributed by atoms with van der Waals surface area (Å²) in [5, 5.41) is 12.0. The molecule has 0 saturated heterocycles. The number of sulfonamides is 1. The summed E-state index contributed by atoms with van der Waals surface area (Å²) >= 11 is 1.61. The van der Waals surface area contributed by atoms with Gasteiger partial charge < -0.3 is 5.32 Å². The molecule has 0 spiro atoms. The predicted molar refractivity (Wildman–Crippen MR) is 87.0 cm³/mol. The lowest BCUT2D eigenvalue weighted by Gasteiger charge is -2.15. The van der Waals surface area contributed by atoms with Gasteiger partial charge in [0.25, 0.3) is 0 Å². The standard InChI is InChI=1S/C15H18N2O3S2/c1-11(13-3-2-4-14(9-13)22(16,19)20)17-15(18)6-5-12-7-8-21-10-12/h2-4,7-11H,5-6H2,1H3,(H,17,18)(H2,16,19,20)/t11-/m0/s1. The van der Waals surface area contributed by atoms with Crippen LogP contribution in [0.4, 0.5) is 0 Å². The van der Waals surface area contributed by atoms with Gasteiger partial charge in [-0.2, -0.15) is 11.3 Å². The van der Waals surface area contributed by atoms with Crippen molar-refractivity contribution >= 4 is 27.3 Å². The van der Waals surface area contributed by atoms with Crippen LogP contribution >= 0.6 is 11.3 Å². The summed E-state index contributed by atoms with van der Waals surface area (Å²) in [4.78, 5) is 12.0. The van der Waals surface area contributed by atoms with Gasteiger partial charge in [-0.1, -0.05) is 12.1 Å². The van der Waals surface area contributed by atoms with Crippen LogP contribution in [0, 0.1) is 0 Å². The Morgan fingerprint density at radius 3 is 2.77 bits per heavy atom. The molecule has 118 valence electrons. The molecule has 1 heterocycles. The summed E-state index contributed by atoms with van der Waals surface area (Å²) < 4.78 is 22.7.